The smallest absolute Gasteiger partial charge is 0.258 e. The molecule has 0 saturated carbocycles. The highest BCUT2D eigenvalue weighted by atomic mass is 16.5. The monoisotopic (exact) mass is 388 g/mol. The van der Waals surface area contributed by atoms with Gasteiger partial charge in [0.15, 0.2) is 0 Å². The molecule has 2 unspecified atom stereocenters. The van der Waals surface area contributed by atoms with Gasteiger partial charge in [-0.1, -0.05) is 56.3 Å². The van der Waals surface area contributed by atoms with E-state index in [4.69, 9.17) is 4.74 Å². The molecule has 0 radical (unpaired) electrons. The highest BCUT2D eigenvalue weighted by molar-refractivity contribution is 6.02. The first kappa shape index (κ1) is 19.3. The largest absolute Gasteiger partial charge is 0.493 e. The maximum absolute atomic E-state index is 13.5. The number of nitrogens with one attached hydrogen (secondary N) is 1. The Hall–Kier alpha value is -3.01. The third-order valence-electron chi connectivity index (χ3n) is 5.69. The Labute approximate surface area is 172 Å². The number of nitrogens with zero attached hydrogens (tertiary/aromatic N) is 1. The van der Waals surface area contributed by atoms with Crippen LogP contribution in [-0.4, -0.2) is 23.5 Å². The summed E-state index contributed by atoms with van der Waals surface area (Å²) in [5.74, 6) is 0.900. The van der Waals surface area contributed by atoms with Crippen LogP contribution in [0.1, 0.15) is 55.7 Å². The topological polar surface area (TPSA) is 41.6 Å². The van der Waals surface area contributed by atoms with Crippen molar-refractivity contribution < 1.29 is 9.53 Å². The minimum atomic E-state index is -0.287. The number of amides is 1. The summed E-state index contributed by atoms with van der Waals surface area (Å²) < 4.78 is 6.15. The molecule has 150 valence electrons. The summed E-state index contributed by atoms with van der Waals surface area (Å²) in [6, 6.07) is 20.3. The zero-order valence-corrected chi connectivity index (χ0v) is 17.3. The van der Waals surface area contributed by atoms with Crippen LogP contribution in [0.15, 0.2) is 60.7 Å². The Morgan fingerprint density at radius 3 is 2.59 bits per heavy atom. The van der Waals surface area contributed by atoms with Gasteiger partial charge in [-0.2, -0.15) is 0 Å². The quantitative estimate of drug-likeness (QED) is 0.564. The van der Waals surface area contributed by atoms with Gasteiger partial charge in [0.05, 0.1) is 12.2 Å². The molecule has 4 rings (SSSR count). The van der Waals surface area contributed by atoms with Crippen LogP contribution in [0.4, 0.5) is 5.69 Å². The van der Waals surface area contributed by atoms with Crippen molar-refractivity contribution in [3.63, 3.8) is 0 Å². The van der Waals surface area contributed by atoms with Crippen molar-refractivity contribution in [2.75, 3.05) is 11.9 Å². The van der Waals surface area contributed by atoms with E-state index >= 15 is 0 Å². The molecule has 0 saturated heterocycles. The van der Waals surface area contributed by atoms with Gasteiger partial charge in [0.25, 0.3) is 5.91 Å². The second-order valence-corrected chi connectivity index (χ2v) is 7.61. The number of rotatable bonds is 6. The second-order valence-electron chi connectivity index (χ2n) is 7.61. The molecular formula is C25H28N2O2. The lowest BCUT2D eigenvalue weighted by Crippen LogP contribution is -2.47. The van der Waals surface area contributed by atoms with Crippen molar-refractivity contribution in [3.8, 4) is 5.75 Å². The maximum Gasteiger partial charge on any atom is 0.258 e. The van der Waals surface area contributed by atoms with Gasteiger partial charge in [-0.15, -0.1) is 0 Å². The molecule has 3 aromatic rings. The molecule has 1 amide bonds. The van der Waals surface area contributed by atoms with E-state index in [0.717, 1.165) is 46.2 Å². The van der Waals surface area contributed by atoms with Crippen molar-refractivity contribution in [2.45, 2.75) is 45.8 Å². The van der Waals surface area contributed by atoms with E-state index < -0.39 is 0 Å². The summed E-state index contributed by atoms with van der Waals surface area (Å²) in [6.45, 7) is 6.97. The number of ether oxygens (including phenoxy) is 1. The van der Waals surface area contributed by atoms with Gasteiger partial charge in [0.2, 0.25) is 0 Å². The lowest BCUT2D eigenvalue weighted by Gasteiger charge is -2.42. The lowest BCUT2D eigenvalue weighted by molar-refractivity contribution is 0.0592. The number of fused-ring (bicyclic) bond motifs is 2. The molecule has 3 aromatic carbocycles. The van der Waals surface area contributed by atoms with Crippen LogP contribution in [0.2, 0.25) is 0 Å². The first-order valence-electron chi connectivity index (χ1n) is 10.5. The minimum Gasteiger partial charge on any atom is -0.493 e. The molecule has 1 N–H and O–H groups in total. The van der Waals surface area contributed by atoms with Gasteiger partial charge in [-0.25, -0.2) is 0 Å². The molecular weight excluding hydrogens is 360 g/mol. The maximum atomic E-state index is 13.5. The van der Waals surface area contributed by atoms with E-state index in [0.29, 0.717) is 6.61 Å². The SMILES string of the molecule is CCCOc1ccc2ccccc2c1C1Nc2ccccc2C(=O)N1C(C)CC. The summed E-state index contributed by atoms with van der Waals surface area (Å²) in [5.41, 5.74) is 2.62. The zero-order valence-electron chi connectivity index (χ0n) is 17.3. The van der Waals surface area contributed by atoms with Crippen molar-refractivity contribution in [1.29, 1.82) is 0 Å². The first-order chi connectivity index (χ1) is 14.2. The number of carbonyl (C=O) groups excluding carboxylic acids is 1. The fourth-order valence-electron chi connectivity index (χ4n) is 4.03. The number of hydrogen-bond donors (Lipinski definition) is 1. The normalized spacial score (nSPS) is 17.0. The first-order valence-corrected chi connectivity index (χ1v) is 10.5. The van der Waals surface area contributed by atoms with Crippen molar-refractivity contribution >= 4 is 22.4 Å². The fourth-order valence-corrected chi connectivity index (χ4v) is 4.03. The lowest BCUT2D eigenvalue weighted by atomic mass is 9.96. The molecule has 2 atom stereocenters. The third-order valence-corrected chi connectivity index (χ3v) is 5.69. The van der Waals surface area contributed by atoms with E-state index in [-0.39, 0.29) is 18.1 Å². The summed E-state index contributed by atoms with van der Waals surface area (Å²) in [7, 11) is 0. The fraction of sp³-hybridized carbons (Fsp3) is 0.320. The van der Waals surface area contributed by atoms with E-state index in [1.165, 1.54) is 0 Å². The molecule has 0 aromatic heterocycles. The van der Waals surface area contributed by atoms with Crippen LogP contribution in [-0.2, 0) is 0 Å². The summed E-state index contributed by atoms with van der Waals surface area (Å²) in [5, 5.41) is 5.90. The van der Waals surface area contributed by atoms with Crippen LogP contribution >= 0.6 is 0 Å². The Balaban J connectivity index is 1.93. The van der Waals surface area contributed by atoms with Gasteiger partial charge in [-0.05, 0) is 48.7 Å². The van der Waals surface area contributed by atoms with E-state index in [9.17, 15) is 4.79 Å². The molecule has 0 fully saturated rings. The number of anilines is 1. The number of carbonyl (C=O) groups is 1. The summed E-state index contributed by atoms with van der Waals surface area (Å²) in [6.07, 6.45) is 1.52. The van der Waals surface area contributed by atoms with Gasteiger partial charge in [-0.3, -0.25) is 4.79 Å². The van der Waals surface area contributed by atoms with Gasteiger partial charge >= 0.3 is 0 Å². The highest BCUT2D eigenvalue weighted by Crippen LogP contribution is 2.41. The summed E-state index contributed by atoms with van der Waals surface area (Å²) >= 11 is 0. The number of hydrogen-bond acceptors (Lipinski definition) is 3. The molecule has 0 bridgehead atoms. The highest BCUT2D eigenvalue weighted by Gasteiger charge is 2.37. The number of benzene rings is 3. The molecule has 0 spiro atoms. The van der Waals surface area contributed by atoms with Crippen molar-refractivity contribution in [1.82, 2.24) is 4.90 Å². The zero-order chi connectivity index (χ0) is 20.4. The predicted octanol–water partition coefficient (Wildman–Crippen LogP) is 5.99. The Bertz CT molecular complexity index is 1030. The molecule has 4 nitrogen and oxygen atoms in total. The molecule has 1 aliphatic heterocycles. The molecule has 1 aliphatic rings. The van der Waals surface area contributed by atoms with Crippen LogP contribution in [0, 0.1) is 0 Å². The molecule has 1 heterocycles. The van der Waals surface area contributed by atoms with Crippen molar-refractivity contribution in [3.05, 3.63) is 71.8 Å². The summed E-state index contributed by atoms with van der Waals surface area (Å²) in [4.78, 5) is 15.5. The minimum absolute atomic E-state index is 0.0630. The number of para-hydroxylation sites is 1. The Morgan fingerprint density at radius 1 is 1.03 bits per heavy atom. The average molecular weight is 389 g/mol. The van der Waals surface area contributed by atoms with Crippen LogP contribution < -0.4 is 10.1 Å². The van der Waals surface area contributed by atoms with Crippen LogP contribution in [0.3, 0.4) is 0 Å². The average Bonchev–Trinajstić information content (AvgIpc) is 2.76. The van der Waals surface area contributed by atoms with Gasteiger partial charge in [0, 0.05) is 17.3 Å². The molecule has 29 heavy (non-hydrogen) atoms. The van der Waals surface area contributed by atoms with Crippen LogP contribution in [0.25, 0.3) is 10.8 Å². The Kier molecular flexibility index (Phi) is 5.43. The van der Waals surface area contributed by atoms with E-state index in [1.807, 2.05) is 47.4 Å². The molecule has 4 heteroatoms. The third kappa shape index (κ3) is 3.44. The van der Waals surface area contributed by atoms with E-state index in [1.54, 1.807) is 0 Å². The second kappa shape index (κ2) is 8.16. The van der Waals surface area contributed by atoms with Gasteiger partial charge < -0.3 is 15.0 Å². The standard InChI is InChI=1S/C25H28N2O2/c1-4-16-29-22-15-14-18-10-6-7-11-19(18)23(22)24-26-21-13-9-8-12-20(21)25(28)27(24)17(3)5-2/h6-15,17,24,26H,4-5,16H2,1-3H3. The predicted molar refractivity (Wildman–Crippen MR) is 118 cm³/mol. The van der Waals surface area contributed by atoms with Crippen molar-refractivity contribution in [2.24, 2.45) is 0 Å². The Morgan fingerprint density at radius 2 is 1.79 bits per heavy atom. The molecule has 0 aliphatic carbocycles. The van der Waals surface area contributed by atoms with Crippen LogP contribution in [0.5, 0.6) is 5.75 Å². The van der Waals surface area contributed by atoms with Gasteiger partial charge in [0.1, 0.15) is 11.9 Å². The van der Waals surface area contributed by atoms with E-state index in [2.05, 4.69) is 44.3 Å².